The second-order valence-electron chi connectivity index (χ2n) is 4.42. The zero-order valence-electron chi connectivity index (χ0n) is 11.1. The predicted octanol–water partition coefficient (Wildman–Crippen LogP) is 3.19. The van der Waals surface area contributed by atoms with Gasteiger partial charge in [0.1, 0.15) is 5.82 Å². The molecular formula is C13H18F2N2O2. The van der Waals surface area contributed by atoms with Crippen molar-refractivity contribution in [2.24, 2.45) is 0 Å². The van der Waals surface area contributed by atoms with Crippen LogP contribution in [0.4, 0.5) is 14.5 Å². The minimum atomic E-state index is -1.12. The van der Waals surface area contributed by atoms with Gasteiger partial charge in [0, 0.05) is 17.7 Å². The number of nitro benzene ring substituents is 1. The van der Waals surface area contributed by atoms with Gasteiger partial charge in [-0.1, -0.05) is 13.8 Å². The predicted molar refractivity (Wildman–Crippen MR) is 69.1 cm³/mol. The first kappa shape index (κ1) is 15.5. The van der Waals surface area contributed by atoms with Gasteiger partial charge in [-0.2, -0.15) is 4.39 Å². The van der Waals surface area contributed by atoms with Gasteiger partial charge >= 0.3 is 5.69 Å². The SMILES string of the molecule is CCCNC(CC)Cc1cc(F)cc(F)c1[N+](=O)[O-]. The van der Waals surface area contributed by atoms with Crippen LogP contribution in [0.3, 0.4) is 0 Å². The number of rotatable bonds is 7. The summed E-state index contributed by atoms with van der Waals surface area (Å²) in [5, 5.41) is 14.1. The van der Waals surface area contributed by atoms with Gasteiger partial charge in [-0.3, -0.25) is 10.1 Å². The summed E-state index contributed by atoms with van der Waals surface area (Å²) in [6.45, 7) is 4.70. The van der Waals surface area contributed by atoms with Crippen LogP contribution < -0.4 is 5.32 Å². The molecule has 0 saturated carbocycles. The van der Waals surface area contributed by atoms with Gasteiger partial charge in [-0.25, -0.2) is 4.39 Å². The van der Waals surface area contributed by atoms with Gasteiger partial charge in [0.05, 0.1) is 4.92 Å². The largest absolute Gasteiger partial charge is 0.314 e. The smallest absolute Gasteiger partial charge is 0.308 e. The second kappa shape index (κ2) is 7.13. The van der Waals surface area contributed by atoms with E-state index in [0.29, 0.717) is 6.07 Å². The zero-order chi connectivity index (χ0) is 14.4. The minimum absolute atomic E-state index is 0.0279. The van der Waals surface area contributed by atoms with E-state index in [1.165, 1.54) is 0 Å². The van der Waals surface area contributed by atoms with Crippen molar-refractivity contribution in [3.63, 3.8) is 0 Å². The monoisotopic (exact) mass is 272 g/mol. The zero-order valence-corrected chi connectivity index (χ0v) is 11.1. The van der Waals surface area contributed by atoms with Crippen LogP contribution >= 0.6 is 0 Å². The first-order valence-corrected chi connectivity index (χ1v) is 6.35. The van der Waals surface area contributed by atoms with E-state index in [1.54, 1.807) is 0 Å². The minimum Gasteiger partial charge on any atom is -0.314 e. The summed E-state index contributed by atoms with van der Waals surface area (Å²) in [6.07, 6.45) is 1.90. The molecule has 0 heterocycles. The molecule has 1 atom stereocenters. The average molecular weight is 272 g/mol. The average Bonchev–Trinajstić information content (AvgIpc) is 2.32. The number of hydrogen-bond donors (Lipinski definition) is 1. The number of nitro groups is 1. The molecule has 6 heteroatoms. The van der Waals surface area contributed by atoms with Gasteiger partial charge in [0.2, 0.25) is 5.82 Å². The Hall–Kier alpha value is -1.56. The molecule has 0 aliphatic heterocycles. The van der Waals surface area contributed by atoms with Crippen LogP contribution in [0, 0.1) is 21.7 Å². The molecule has 0 fully saturated rings. The summed E-state index contributed by atoms with van der Waals surface area (Å²) in [5.74, 6) is -1.91. The highest BCUT2D eigenvalue weighted by molar-refractivity contribution is 5.42. The molecule has 1 rings (SSSR count). The molecule has 0 aliphatic carbocycles. The standard InChI is InChI=1S/C13H18F2N2O2/c1-3-5-16-11(4-2)7-9-6-10(14)8-12(15)13(9)17(18)19/h6,8,11,16H,3-5,7H2,1-2H3. The lowest BCUT2D eigenvalue weighted by Gasteiger charge is -2.16. The van der Waals surface area contributed by atoms with Gasteiger partial charge in [0.15, 0.2) is 0 Å². The third-order valence-corrected chi connectivity index (χ3v) is 2.93. The number of benzene rings is 1. The highest BCUT2D eigenvalue weighted by Crippen LogP contribution is 2.25. The van der Waals surface area contributed by atoms with Crippen molar-refractivity contribution < 1.29 is 13.7 Å². The second-order valence-corrected chi connectivity index (χ2v) is 4.42. The van der Waals surface area contributed by atoms with Crippen molar-refractivity contribution in [1.29, 1.82) is 0 Å². The molecule has 0 aromatic heterocycles. The Kier molecular flexibility index (Phi) is 5.82. The lowest BCUT2D eigenvalue weighted by atomic mass is 10.0. The fraction of sp³-hybridized carbons (Fsp3) is 0.538. The van der Waals surface area contributed by atoms with Crippen molar-refractivity contribution in [1.82, 2.24) is 5.32 Å². The van der Waals surface area contributed by atoms with E-state index in [-0.39, 0.29) is 18.0 Å². The maximum atomic E-state index is 13.5. The van der Waals surface area contributed by atoms with Crippen LogP contribution in [0.15, 0.2) is 12.1 Å². The normalized spacial score (nSPS) is 12.4. The van der Waals surface area contributed by atoms with Crippen LogP contribution in [0.25, 0.3) is 0 Å². The molecule has 0 radical (unpaired) electrons. The number of nitrogens with one attached hydrogen (secondary N) is 1. The Morgan fingerprint density at radius 1 is 1.37 bits per heavy atom. The highest BCUT2D eigenvalue weighted by Gasteiger charge is 2.23. The first-order valence-electron chi connectivity index (χ1n) is 6.35. The molecular weight excluding hydrogens is 254 g/mol. The Morgan fingerprint density at radius 2 is 2.05 bits per heavy atom. The number of hydrogen-bond acceptors (Lipinski definition) is 3. The fourth-order valence-electron chi connectivity index (χ4n) is 1.95. The summed E-state index contributed by atoms with van der Waals surface area (Å²) in [7, 11) is 0. The molecule has 1 N–H and O–H groups in total. The maximum absolute atomic E-state index is 13.5. The number of halogens is 2. The third-order valence-electron chi connectivity index (χ3n) is 2.93. The Labute approximate surface area is 111 Å². The Bertz CT molecular complexity index is 453. The molecule has 1 aromatic carbocycles. The molecule has 1 unspecified atom stereocenters. The van der Waals surface area contributed by atoms with Gasteiger partial charge < -0.3 is 5.32 Å². The maximum Gasteiger partial charge on any atom is 0.308 e. The van der Waals surface area contributed by atoms with Crippen LogP contribution in [0.5, 0.6) is 0 Å². The molecule has 0 bridgehead atoms. The molecule has 106 valence electrons. The Balaban J connectivity index is 3.01. The van der Waals surface area contributed by atoms with Crippen molar-refractivity contribution in [2.45, 2.75) is 39.2 Å². The summed E-state index contributed by atoms with van der Waals surface area (Å²) in [5.41, 5.74) is -0.531. The lowest BCUT2D eigenvalue weighted by Crippen LogP contribution is -2.31. The molecule has 1 aromatic rings. The summed E-state index contributed by atoms with van der Waals surface area (Å²) >= 11 is 0. The van der Waals surface area contributed by atoms with Gasteiger partial charge in [-0.05, 0) is 31.9 Å². The molecule has 0 saturated heterocycles. The van der Waals surface area contributed by atoms with E-state index < -0.39 is 22.2 Å². The van der Waals surface area contributed by atoms with E-state index >= 15 is 0 Å². The third kappa shape index (κ3) is 4.24. The van der Waals surface area contributed by atoms with Gasteiger partial charge in [-0.15, -0.1) is 0 Å². The van der Waals surface area contributed by atoms with E-state index in [1.807, 2.05) is 13.8 Å². The van der Waals surface area contributed by atoms with E-state index in [9.17, 15) is 18.9 Å². The topological polar surface area (TPSA) is 55.2 Å². The van der Waals surface area contributed by atoms with Crippen LogP contribution in [-0.2, 0) is 6.42 Å². The quantitative estimate of drug-likeness (QED) is 0.612. The summed E-state index contributed by atoms with van der Waals surface area (Å²) in [6, 6.07) is 1.55. The molecule has 19 heavy (non-hydrogen) atoms. The number of nitrogens with zero attached hydrogens (tertiary/aromatic N) is 1. The van der Waals surface area contributed by atoms with E-state index in [2.05, 4.69) is 5.32 Å². The highest BCUT2D eigenvalue weighted by atomic mass is 19.1. The molecule has 0 spiro atoms. The van der Waals surface area contributed by atoms with Crippen molar-refractivity contribution in [3.05, 3.63) is 39.4 Å². The Morgan fingerprint density at radius 3 is 2.58 bits per heavy atom. The fourth-order valence-corrected chi connectivity index (χ4v) is 1.95. The van der Waals surface area contributed by atoms with E-state index in [4.69, 9.17) is 0 Å². The molecule has 0 aliphatic rings. The molecule has 0 amide bonds. The summed E-state index contributed by atoms with van der Waals surface area (Å²) in [4.78, 5) is 10.1. The van der Waals surface area contributed by atoms with Gasteiger partial charge in [0.25, 0.3) is 0 Å². The lowest BCUT2D eigenvalue weighted by molar-refractivity contribution is -0.388. The van der Waals surface area contributed by atoms with Crippen LogP contribution in [0.1, 0.15) is 32.3 Å². The van der Waals surface area contributed by atoms with Crippen molar-refractivity contribution >= 4 is 5.69 Å². The van der Waals surface area contributed by atoms with E-state index in [0.717, 1.165) is 25.5 Å². The first-order chi connectivity index (χ1) is 8.99. The van der Waals surface area contributed by atoms with Crippen LogP contribution in [-0.4, -0.2) is 17.5 Å². The van der Waals surface area contributed by atoms with Crippen molar-refractivity contribution in [2.75, 3.05) is 6.54 Å². The van der Waals surface area contributed by atoms with Crippen LogP contribution in [0.2, 0.25) is 0 Å². The summed E-state index contributed by atoms with van der Waals surface area (Å²) < 4.78 is 26.7. The van der Waals surface area contributed by atoms with Crippen molar-refractivity contribution in [3.8, 4) is 0 Å². The molecule has 4 nitrogen and oxygen atoms in total.